The number of thioether (sulfide) groups is 1. The first-order valence-corrected chi connectivity index (χ1v) is 16.0. The zero-order valence-electron chi connectivity index (χ0n) is 26.2. The fraction of sp³-hybridized carbons (Fsp3) is 0.500. The Morgan fingerprint density at radius 2 is 1.70 bits per heavy atom. The van der Waals surface area contributed by atoms with E-state index in [-0.39, 0.29) is 5.78 Å². The van der Waals surface area contributed by atoms with Crippen LogP contribution < -0.4 is 10.2 Å². The lowest BCUT2D eigenvalue weighted by Gasteiger charge is -2.24. The summed E-state index contributed by atoms with van der Waals surface area (Å²) < 4.78 is 0. The minimum Gasteiger partial charge on any atom is -0.372 e. The minimum atomic E-state index is 0.0308. The van der Waals surface area contributed by atoms with Crippen LogP contribution in [0.4, 0.5) is 17.3 Å². The van der Waals surface area contributed by atoms with E-state index in [1.807, 2.05) is 32.9 Å². The van der Waals surface area contributed by atoms with Crippen molar-refractivity contribution in [3.63, 3.8) is 0 Å². The summed E-state index contributed by atoms with van der Waals surface area (Å²) in [5.74, 6) is 2.38. The highest BCUT2D eigenvalue weighted by atomic mass is 32.2. The van der Waals surface area contributed by atoms with Gasteiger partial charge in [-0.1, -0.05) is 60.6 Å². The Bertz CT molecular complexity index is 1080. The van der Waals surface area contributed by atoms with Crippen LogP contribution in [0.25, 0.3) is 6.08 Å². The Morgan fingerprint density at radius 1 is 1.10 bits per heavy atom. The molecule has 1 heterocycles. The lowest BCUT2D eigenvalue weighted by atomic mass is 10.1. The van der Waals surface area contributed by atoms with E-state index >= 15 is 0 Å². The Balaban J connectivity index is 0.00000150. The number of rotatable bonds is 14. The molecule has 0 unspecified atom stereocenters. The van der Waals surface area contributed by atoms with Crippen LogP contribution in [-0.2, 0) is 4.79 Å². The molecule has 1 aromatic carbocycles. The first-order valence-electron chi connectivity index (χ1n) is 15.0. The largest absolute Gasteiger partial charge is 0.372 e. The van der Waals surface area contributed by atoms with E-state index in [1.165, 1.54) is 24.9 Å². The van der Waals surface area contributed by atoms with Crippen molar-refractivity contribution in [2.24, 2.45) is 5.92 Å². The lowest BCUT2D eigenvalue weighted by molar-refractivity contribution is -0.113. The van der Waals surface area contributed by atoms with Gasteiger partial charge in [-0.2, -0.15) is 0 Å². The Morgan fingerprint density at radius 3 is 2.17 bits per heavy atom. The second-order valence-corrected chi connectivity index (χ2v) is 10.8. The molecule has 1 aliphatic rings. The molecular weight excluding hydrogens is 512 g/mol. The number of benzene rings is 1. The summed E-state index contributed by atoms with van der Waals surface area (Å²) in [6.07, 6.45) is 13.4. The molecule has 220 valence electrons. The van der Waals surface area contributed by atoms with Gasteiger partial charge in [0.1, 0.15) is 0 Å². The highest BCUT2D eigenvalue weighted by molar-refractivity contribution is 8.03. The van der Waals surface area contributed by atoms with Crippen molar-refractivity contribution in [3.8, 4) is 0 Å². The van der Waals surface area contributed by atoms with E-state index in [1.54, 1.807) is 31.0 Å². The van der Waals surface area contributed by atoms with Crippen LogP contribution in [0.3, 0.4) is 0 Å². The van der Waals surface area contributed by atoms with Gasteiger partial charge >= 0.3 is 0 Å². The van der Waals surface area contributed by atoms with Gasteiger partial charge in [0.2, 0.25) is 5.95 Å². The first-order chi connectivity index (χ1) is 19.4. The molecule has 0 aliphatic heterocycles. The third kappa shape index (κ3) is 12.5. The van der Waals surface area contributed by atoms with Crippen molar-refractivity contribution < 1.29 is 4.79 Å². The van der Waals surface area contributed by atoms with Crippen molar-refractivity contribution in [2.75, 3.05) is 29.1 Å². The molecule has 2 aromatic rings. The molecule has 1 N–H and O–H groups in total. The van der Waals surface area contributed by atoms with Gasteiger partial charge in [0.05, 0.1) is 5.69 Å². The smallest absolute Gasteiger partial charge is 0.227 e. The summed E-state index contributed by atoms with van der Waals surface area (Å²) in [7, 11) is 0. The molecule has 1 aliphatic carbocycles. The highest BCUT2D eigenvalue weighted by Gasteiger charge is 2.23. The number of anilines is 3. The van der Waals surface area contributed by atoms with Gasteiger partial charge in [-0.15, -0.1) is 11.8 Å². The molecular formula is C34H52N4OS. The third-order valence-corrected chi connectivity index (χ3v) is 7.18. The molecule has 1 aromatic heterocycles. The highest BCUT2D eigenvalue weighted by Crippen LogP contribution is 2.37. The van der Waals surface area contributed by atoms with Gasteiger partial charge in [-0.05, 0) is 81.9 Å². The number of carbonyl (C=O) groups is 1. The SMILES string of the molecule is C=C/C=C(SCC1CC1)/C(=C/c1cnc(Nc2ccc(N(CCC)CCC)cc2)nc1C)C(C)=O.CC.CCC. The maximum atomic E-state index is 12.5. The fourth-order valence-corrected chi connectivity index (χ4v) is 5.09. The lowest BCUT2D eigenvalue weighted by Crippen LogP contribution is -2.24. The maximum Gasteiger partial charge on any atom is 0.227 e. The van der Waals surface area contributed by atoms with Gasteiger partial charge in [-0.25, -0.2) is 9.97 Å². The van der Waals surface area contributed by atoms with Crippen LogP contribution in [0.1, 0.15) is 91.8 Å². The van der Waals surface area contributed by atoms with Crippen molar-refractivity contribution in [3.05, 3.63) is 70.9 Å². The average molecular weight is 565 g/mol. The van der Waals surface area contributed by atoms with Crippen LogP contribution in [0.15, 0.2) is 59.7 Å². The number of ketones is 1. The number of nitrogens with zero attached hydrogens (tertiary/aromatic N) is 3. The zero-order valence-corrected chi connectivity index (χ0v) is 27.0. The second kappa shape index (κ2) is 20.1. The van der Waals surface area contributed by atoms with Gasteiger partial charge < -0.3 is 10.2 Å². The van der Waals surface area contributed by atoms with Gasteiger partial charge in [-0.3, -0.25) is 4.79 Å². The molecule has 0 saturated heterocycles. The number of aromatic nitrogens is 2. The van der Waals surface area contributed by atoms with E-state index in [9.17, 15) is 4.79 Å². The minimum absolute atomic E-state index is 0.0308. The normalized spacial score (nSPS) is 12.9. The van der Waals surface area contributed by atoms with E-state index in [2.05, 4.69) is 78.7 Å². The summed E-state index contributed by atoms with van der Waals surface area (Å²) in [6.45, 7) is 22.2. The summed E-state index contributed by atoms with van der Waals surface area (Å²) in [4.78, 5) is 25.0. The fourth-order valence-electron chi connectivity index (χ4n) is 3.79. The van der Waals surface area contributed by atoms with Crippen LogP contribution >= 0.6 is 11.8 Å². The van der Waals surface area contributed by atoms with Gasteiger partial charge in [0, 0.05) is 52.5 Å². The first kappa shape index (κ1) is 35.2. The summed E-state index contributed by atoms with van der Waals surface area (Å²) in [5.41, 5.74) is 4.52. The summed E-state index contributed by atoms with van der Waals surface area (Å²) in [6, 6.07) is 8.42. The maximum absolute atomic E-state index is 12.5. The Kier molecular flexibility index (Phi) is 17.7. The second-order valence-electron chi connectivity index (χ2n) is 9.74. The summed E-state index contributed by atoms with van der Waals surface area (Å²) in [5, 5.41) is 3.30. The van der Waals surface area contributed by atoms with Crippen molar-refractivity contribution in [1.82, 2.24) is 9.97 Å². The number of Topliss-reactive ketones (excluding diaryl/α,β-unsaturated/α-hetero) is 1. The zero-order chi connectivity index (χ0) is 29.9. The third-order valence-electron chi connectivity index (χ3n) is 5.88. The van der Waals surface area contributed by atoms with E-state index in [0.717, 1.165) is 59.5 Å². The quantitative estimate of drug-likeness (QED) is 0.182. The van der Waals surface area contributed by atoms with E-state index in [0.29, 0.717) is 11.5 Å². The van der Waals surface area contributed by atoms with Crippen LogP contribution in [0.2, 0.25) is 0 Å². The number of carbonyl (C=O) groups excluding carboxylic acids is 1. The van der Waals surface area contributed by atoms with E-state index < -0.39 is 0 Å². The van der Waals surface area contributed by atoms with E-state index in [4.69, 9.17) is 0 Å². The monoisotopic (exact) mass is 564 g/mol. The molecule has 0 radical (unpaired) electrons. The predicted octanol–water partition coefficient (Wildman–Crippen LogP) is 9.78. The number of aryl methyl sites for hydroxylation is 1. The van der Waals surface area contributed by atoms with Crippen LogP contribution in [0.5, 0.6) is 0 Å². The van der Waals surface area contributed by atoms with Crippen LogP contribution in [0, 0.1) is 12.8 Å². The molecule has 0 bridgehead atoms. The number of allylic oxidation sites excluding steroid dienone is 3. The number of nitrogens with one attached hydrogen (secondary N) is 1. The molecule has 0 atom stereocenters. The molecule has 40 heavy (non-hydrogen) atoms. The predicted molar refractivity (Wildman–Crippen MR) is 179 cm³/mol. The molecule has 5 nitrogen and oxygen atoms in total. The van der Waals surface area contributed by atoms with Gasteiger partial charge in [0.25, 0.3) is 0 Å². The van der Waals surface area contributed by atoms with Crippen LogP contribution in [-0.4, -0.2) is 34.6 Å². The summed E-state index contributed by atoms with van der Waals surface area (Å²) >= 11 is 1.74. The molecule has 1 saturated carbocycles. The molecule has 0 amide bonds. The molecule has 3 rings (SSSR count). The van der Waals surface area contributed by atoms with Gasteiger partial charge in [0.15, 0.2) is 5.78 Å². The Labute approximate surface area is 248 Å². The van der Waals surface area contributed by atoms with Crippen molar-refractivity contribution in [2.45, 2.75) is 87.5 Å². The topological polar surface area (TPSA) is 58.1 Å². The average Bonchev–Trinajstić information content (AvgIpc) is 3.77. The van der Waals surface area contributed by atoms with Crippen molar-refractivity contribution in [1.29, 1.82) is 0 Å². The number of hydrogen-bond acceptors (Lipinski definition) is 6. The molecule has 6 heteroatoms. The number of hydrogen-bond donors (Lipinski definition) is 1. The van der Waals surface area contributed by atoms with Crippen molar-refractivity contribution >= 4 is 40.9 Å². The molecule has 1 fully saturated rings. The molecule has 0 spiro atoms. The Hall–Kier alpha value is -2.86. The standard InChI is InChI=1S/C29H38N4OS.C3H8.C2H6/c1-6-9-28(35-20-23-10-11-23)27(22(5)34)18-24-19-30-29(31-21(24)4)32-25-12-14-26(15-13-25)33(16-7-2)17-8-3;1-3-2;1-2/h6,9,12-15,18-19,23H,1,7-8,10-11,16-17,20H2,2-5H3,(H,30,31,32);3H2,1-2H3;1-2H3/b27-18+,28-9-;;.